The summed E-state index contributed by atoms with van der Waals surface area (Å²) in [6, 6.07) is 6.04. The minimum Gasteiger partial charge on any atom is -0.506 e. The highest BCUT2D eigenvalue weighted by molar-refractivity contribution is 6.32. The number of phenols is 1. The Morgan fingerprint density at radius 2 is 2.21 bits per heavy atom. The third kappa shape index (κ3) is 3.20. The number of phenolic OH excluding ortho intramolecular Hbond substituents is 1. The maximum Gasteiger partial charge on any atom is 0.134 e. The lowest BCUT2D eigenvalue weighted by atomic mass is 10.0. The van der Waals surface area contributed by atoms with Gasteiger partial charge in [-0.15, -0.1) is 0 Å². The molecule has 106 valence electrons. The van der Waals surface area contributed by atoms with Crippen LogP contribution < -0.4 is 5.73 Å². The Hall–Kier alpha value is -0.810. The summed E-state index contributed by atoms with van der Waals surface area (Å²) in [4.78, 5) is 4.75. The fourth-order valence-corrected chi connectivity index (χ4v) is 2.78. The van der Waals surface area contributed by atoms with E-state index in [0.29, 0.717) is 17.6 Å². The second-order valence-corrected chi connectivity index (χ2v) is 5.69. The average molecular weight is 284 g/mol. The first-order valence-electron chi connectivity index (χ1n) is 6.65. The second kappa shape index (κ2) is 6.09. The monoisotopic (exact) mass is 283 g/mol. The number of rotatable bonds is 3. The number of benzene rings is 1. The normalized spacial score (nSPS) is 23.5. The Kier molecular flexibility index (Phi) is 4.68. The Labute approximate surface area is 119 Å². The molecule has 0 amide bonds. The number of hydrogen-bond acceptors (Lipinski definition) is 4. The number of likely N-dealkylation sites (N-methyl/N-ethyl adjacent to an activating group) is 1. The van der Waals surface area contributed by atoms with Gasteiger partial charge in [0.1, 0.15) is 5.75 Å². The first kappa shape index (κ1) is 14.6. The van der Waals surface area contributed by atoms with Crippen LogP contribution in [0.4, 0.5) is 0 Å². The van der Waals surface area contributed by atoms with Crippen molar-refractivity contribution in [3.05, 3.63) is 28.8 Å². The lowest BCUT2D eigenvalue weighted by Crippen LogP contribution is -2.52. The minimum atomic E-state index is 0.118. The molecule has 0 aliphatic carbocycles. The van der Waals surface area contributed by atoms with Gasteiger partial charge < -0.3 is 15.7 Å². The zero-order valence-corrected chi connectivity index (χ0v) is 12.3. The molecule has 0 saturated carbocycles. The van der Waals surface area contributed by atoms with Crippen molar-refractivity contribution in [3.63, 3.8) is 0 Å². The minimum absolute atomic E-state index is 0.118. The molecular formula is C14H22ClN3O. The lowest BCUT2D eigenvalue weighted by Gasteiger charge is -2.41. The molecule has 1 aliphatic heterocycles. The van der Waals surface area contributed by atoms with E-state index in [1.165, 1.54) is 0 Å². The molecule has 0 aromatic heterocycles. The molecule has 1 aromatic rings. The van der Waals surface area contributed by atoms with Gasteiger partial charge in [0.15, 0.2) is 0 Å². The molecular weight excluding hydrogens is 262 g/mol. The zero-order chi connectivity index (χ0) is 14.0. The summed E-state index contributed by atoms with van der Waals surface area (Å²) in [6.45, 7) is 5.82. The van der Waals surface area contributed by atoms with Crippen LogP contribution in [0.25, 0.3) is 0 Å². The van der Waals surface area contributed by atoms with E-state index < -0.39 is 0 Å². The Morgan fingerprint density at radius 1 is 1.47 bits per heavy atom. The predicted molar refractivity (Wildman–Crippen MR) is 78.6 cm³/mol. The standard InChI is InChI=1S/C14H22ClN3O/c1-10-9-18(6-5-17(10)2)13(8-16)11-3-4-14(19)12(15)7-11/h3-4,7,10,13,19H,5-6,8-9,16H2,1-2H3. The van der Waals surface area contributed by atoms with E-state index in [0.717, 1.165) is 25.2 Å². The van der Waals surface area contributed by atoms with Crippen molar-refractivity contribution in [1.82, 2.24) is 9.80 Å². The van der Waals surface area contributed by atoms with Crippen molar-refractivity contribution < 1.29 is 5.11 Å². The van der Waals surface area contributed by atoms with Gasteiger partial charge in [-0.1, -0.05) is 17.7 Å². The molecule has 5 heteroatoms. The summed E-state index contributed by atoms with van der Waals surface area (Å²) in [7, 11) is 2.15. The van der Waals surface area contributed by atoms with E-state index in [1.54, 1.807) is 6.07 Å². The number of halogens is 1. The molecule has 0 radical (unpaired) electrons. The maximum absolute atomic E-state index is 9.50. The molecule has 1 aromatic carbocycles. The fourth-order valence-electron chi connectivity index (χ4n) is 2.59. The summed E-state index contributed by atoms with van der Waals surface area (Å²) in [5.41, 5.74) is 7.01. The largest absolute Gasteiger partial charge is 0.506 e. The van der Waals surface area contributed by atoms with Crippen LogP contribution in [0.1, 0.15) is 18.5 Å². The van der Waals surface area contributed by atoms with Crippen molar-refractivity contribution in [2.75, 3.05) is 33.2 Å². The highest BCUT2D eigenvalue weighted by atomic mass is 35.5. The Bertz CT molecular complexity index is 441. The van der Waals surface area contributed by atoms with Crippen molar-refractivity contribution in [2.45, 2.75) is 19.0 Å². The number of nitrogens with two attached hydrogens (primary N) is 1. The molecule has 1 aliphatic rings. The second-order valence-electron chi connectivity index (χ2n) is 5.29. The predicted octanol–water partition coefficient (Wildman–Crippen LogP) is 1.68. The number of nitrogens with zero attached hydrogens (tertiary/aromatic N) is 2. The molecule has 4 nitrogen and oxygen atoms in total. The first-order chi connectivity index (χ1) is 9.02. The molecule has 1 saturated heterocycles. The molecule has 2 rings (SSSR count). The van der Waals surface area contributed by atoms with Crippen molar-refractivity contribution >= 4 is 11.6 Å². The highest BCUT2D eigenvalue weighted by Crippen LogP contribution is 2.29. The van der Waals surface area contributed by atoms with Crippen LogP contribution >= 0.6 is 11.6 Å². The van der Waals surface area contributed by atoms with Crippen LogP contribution in [0.15, 0.2) is 18.2 Å². The van der Waals surface area contributed by atoms with E-state index in [4.69, 9.17) is 17.3 Å². The zero-order valence-electron chi connectivity index (χ0n) is 11.5. The van der Waals surface area contributed by atoms with Gasteiger partial charge in [0, 0.05) is 38.3 Å². The fraction of sp³-hybridized carbons (Fsp3) is 0.571. The van der Waals surface area contributed by atoms with Gasteiger partial charge in [0.2, 0.25) is 0 Å². The molecule has 3 N–H and O–H groups in total. The lowest BCUT2D eigenvalue weighted by molar-refractivity contribution is 0.0741. The van der Waals surface area contributed by atoms with Gasteiger partial charge in [0.25, 0.3) is 0 Å². The van der Waals surface area contributed by atoms with Crippen molar-refractivity contribution in [2.24, 2.45) is 5.73 Å². The molecule has 2 unspecified atom stereocenters. The molecule has 19 heavy (non-hydrogen) atoms. The van der Waals surface area contributed by atoms with Crippen LogP contribution in [-0.2, 0) is 0 Å². The van der Waals surface area contributed by atoms with Gasteiger partial charge in [-0.25, -0.2) is 0 Å². The third-order valence-electron chi connectivity index (χ3n) is 4.01. The average Bonchev–Trinajstić information content (AvgIpc) is 2.39. The molecule has 0 bridgehead atoms. The van der Waals surface area contributed by atoms with Gasteiger partial charge in [-0.2, -0.15) is 0 Å². The Balaban J connectivity index is 2.17. The molecule has 2 atom stereocenters. The summed E-state index contributed by atoms with van der Waals surface area (Å²) < 4.78 is 0. The maximum atomic E-state index is 9.50. The smallest absolute Gasteiger partial charge is 0.134 e. The number of aromatic hydroxyl groups is 1. The molecule has 1 heterocycles. The highest BCUT2D eigenvalue weighted by Gasteiger charge is 2.27. The van der Waals surface area contributed by atoms with E-state index >= 15 is 0 Å². The van der Waals surface area contributed by atoms with Crippen molar-refractivity contribution in [3.8, 4) is 5.75 Å². The Morgan fingerprint density at radius 3 is 2.79 bits per heavy atom. The quantitative estimate of drug-likeness (QED) is 0.886. The molecule has 0 spiro atoms. The summed E-state index contributed by atoms with van der Waals surface area (Å²) in [5.74, 6) is 0.118. The molecule has 1 fully saturated rings. The van der Waals surface area contributed by atoms with Crippen LogP contribution in [0.2, 0.25) is 5.02 Å². The van der Waals surface area contributed by atoms with Gasteiger partial charge >= 0.3 is 0 Å². The SMILES string of the molecule is CC1CN(C(CN)c2ccc(O)c(Cl)c2)CCN1C. The van der Waals surface area contributed by atoms with E-state index in [-0.39, 0.29) is 11.8 Å². The van der Waals surface area contributed by atoms with Crippen LogP contribution in [-0.4, -0.2) is 54.2 Å². The number of hydrogen-bond donors (Lipinski definition) is 2. The number of piperazine rings is 1. The summed E-state index contributed by atoms with van der Waals surface area (Å²) in [6.07, 6.45) is 0. The summed E-state index contributed by atoms with van der Waals surface area (Å²) in [5, 5.41) is 9.89. The van der Waals surface area contributed by atoms with Crippen LogP contribution in [0.5, 0.6) is 5.75 Å². The van der Waals surface area contributed by atoms with Crippen LogP contribution in [0, 0.1) is 0 Å². The van der Waals surface area contributed by atoms with E-state index in [9.17, 15) is 5.11 Å². The van der Waals surface area contributed by atoms with Crippen molar-refractivity contribution in [1.29, 1.82) is 0 Å². The van der Waals surface area contributed by atoms with Crippen LogP contribution in [0.3, 0.4) is 0 Å². The van der Waals surface area contributed by atoms with Gasteiger partial charge in [-0.05, 0) is 31.7 Å². The summed E-state index contributed by atoms with van der Waals surface area (Å²) >= 11 is 5.99. The van der Waals surface area contributed by atoms with Gasteiger partial charge in [0.05, 0.1) is 5.02 Å². The first-order valence-corrected chi connectivity index (χ1v) is 7.03. The van der Waals surface area contributed by atoms with Gasteiger partial charge in [-0.3, -0.25) is 4.90 Å². The van der Waals surface area contributed by atoms with E-state index in [1.807, 2.05) is 12.1 Å². The van der Waals surface area contributed by atoms with E-state index in [2.05, 4.69) is 23.8 Å². The topological polar surface area (TPSA) is 52.7 Å². The third-order valence-corrected chi connectivity index (χ3v) is 4.31.